The van der Waals surface area contributed by atoms with Crippen LogP contribution in [-0.2, 0) is 0 Å². The first-order valence-corrected chi connectivity index (χ1v) is 8.45. The molecule has 1 aliphatic carbocycles. The second kappa shape index (κ2) is 7.63. The van der Waals surface area contributed by atoms with Crippen molar-refractivity contribution < 1.29 is 0 Å². The molecule has 2 rings (SSSR count). The first kappa shape index (κ1) is 16.1. The van der Waals surface area contributed by atoms with Crippen LogP contribution < -0.4 is 5.32 Å². The lowest BCUT2D eigenvalue weighted by Crippen LogP contribution is -2.32. The van der Waals surface area contributed by atoms with E-state index in [2.05, 4.69) is 24.1 Å². The highest BCUT2D eigenvalue weighted by molar-refractivity contribution is 6.34. The molecule has 1 N–H and O–H groups in total. The van der Waals surface area contributed by atoms with Crippen LogP contribution in [0.3, 0.4) is 0 Å². The Morgan fingerprint density at radius 2 is 2.15 bits per heavy atom. The van der Waals surface area contributed by atoms with Gasteiger partial charge < -0.3 is 5.32 Å². The Morgan fingerprint density at radius 1 is 1.35 bits per heavy atom. The second-order valence-electron chi connectivity index (χ2n) is 5.76. The van der Waals surface area contributed by atoms with Crippen LogP contribution in [0.25, 0.3) is 0 Å². The van der Waals surface area contributed by atoms with Crippen molar-refractivity contribution in [2.75, 3.05) is 6.54 Å². The van der Waals surface area contributed by atoms with Crippen molar-refractivity contribution in [2.45, 2.75) is 52.0 Å². The molecule has 2 nitrogen and oxygen atoms in total. The van der Waals surface area contributed by atoms with Gasteiger partial charge in [-0.05, 0) is 37.3 Å². The van der Waals surface area contributed by atoms with Gasteiger partial charge in [0.15, 0.2) is 0 Å². The minimum Gasteiger partial charge on any atom is -0.309 e. The number of pyridine rings is 1. The molecule has 0 aromatic carbocycles. The van der Waals surface area contributed by atoms with E-state index in [4.69, 9.17) is 23.2 Å². The van der Waals surface area contributed by atoms with Crippen molar-refractivity contribution in [1.29, 1.82) is 0 Å². The fourth-order valence-corrected chi connectivity index (χ4v) is 3.86. The molecule has 112 valence electrons. The molecule has 1 aliphatic rings. The maximum Gasteiger partial charge on any atom is 0.0762 e. The van der Waals surface area contributed by atoms with Gasteiger partial charge in [-0.15, -0.1) is 0 Å². The molecular weight excluding hydrogens is 291 g/mol. The zero-order valence-electron chi connectivity index (χ0n) is 12.3. The molecule has 0 aliphatic heterocycles. The van der Waals surface area contributed by atoms with Crippen LogP contribution in [0.5, 0.6) is 0 Å². The van der Waals surface area contributed by atoms with Crippen LogP contribution in [0.1, 0.15) is 57.7 Å². The first-order chi connectivity index (χ1) is 9.65. The summed E-state index contributed by atoms with van der Waals surface area (Å²) in [6, 6.07) is 2.05. The number of hydrogen-bond donors (Lipinski definition) is 1. The number of rotatable bonds is 5. The average Bonchev–Trinajstić information content (AvgIpc) is 2.45. The molecule has 1 saturated carbocycles. The zero-order chi connectivity index (χ0) is 14.5. The van der Waals surface area contributed by atoms with E-state index in [1.54, 1.807) is 12.3 Å². The highest BCUT2D eigenvalue weighted by Gasteiger charge is 2.30. The van der Waals surface area contributed by atoms with Crippen molar-refractivity contribution in [3.05, 3.63) is 28.0 Å². The largest absolute Gasteiger partial charge is 0.309 e. The highest BCUT2D eigenvalue weighted by atomic mass is 35.5. The third-order valence-electron chi connectivity index (χ3n) is 4.43. The molecule has 3 atom stereocenters. The maximum atomic E-state index is 6.36. The molecular formula is C16H24Cl2N2. The van der Waals surface area contributed by atoms with Crippen molar-refractivity contribution >= 4 is 23.2 Å². The van der Waals surface area contributed by atoms with Crippen LogP contribution in [-0.4, -0.2) is 11.5 Å². The number of aromatic nitrogens is 1. The van der Waals surface area contributed by atoms with Crippen LogP contribution in [0.4, 0.5) is 0 Å². The topological polar surface area (TPSA) is 24.9 Å². The predicted molar refractivity (Wildman–Crippen MR) is 86.4 cm³/mol. The Balaban J connectivity index is 2.21. The summed E-state index contributed by atoms with van der Waals surface area (Å²) in [6.45, 7) is 5.36. The SMILES string of the molecule is CCNC(c1ncc(Cl)cc1Cl)C1CCCC(CC)C1. The van der Waals surface area contributed by atoms with Crippen molar-refractivity contribution in [1.82, 2.24) is 10.3 Å². The normalized spacial score (nSPS) is 24.6. The van der Waals surface area contributed by atoms with Crippen molar-refractivity contribution in [3.8, 4) is 0 Å². The van der Waals surface area contributed by atoms with Crippen LogP contribution in [0.2, 0.25) is 10.0 Å². The third-order valence-corrected chi connectivity index (χ3v) is 4.94. The fraction of sp³-hybridized carbons (Fsp3) is 0.688. The number of halogens is 2. The van der Waals surface area contributed by atoms with E-state index in [1.807, 2.05) is 0 Å². The summed E-state index contributed by atoms with van der Waals surface area (Å²) in [5.74, 6) is 1.47. The molecule has 0 saturated heterocycles. The summed E-state index contributed by atoms with van der Waals surface area (Å²) in [6.07, 6.45) is 8.19. The zero-order valence-corrected chi connectivity index (χ0v) is 13.8. The summed E-state index contributed by atoms with van der Waals surface area (Å²) in [4.78, 5) is 4.50. The van der Waals surface area contributed by atoms with Gasteiger partial charge in [0.25, 0.3) is 0 Å². The lowest BCUT2D eigenvalue weighted by atomic mass is 9.76. The quantitative estimate of drug-likeness (QED) is 0.802. The van der Waals surface area contributed by atoms with Gasteiger partial charge in [-0.2, -0.15) is 0 Å². The molecule has 1 heterocycles. The molecule has 0 radical (unpaired) electrons. The molecule has 0 amide bonds. The maximum absolute atomic E-state index is 6.36. The molecule has 4 heteroatoms. The third kappa shape index (κ3) is 3.87. The van der Waals surface area contributed by atoms with E-state index in [-0.39, 0.29) is 6.04 Å². The predicted octanol–water partition coefficient (Wildman–Crippen LogP) is 5.26. The van der Waals surface area contributed by atoms with E-state index in [9.17, 15) is 0 Å². The Kier molecular flexibility index (Phi) is 6.13. The molecule has 0 bridgehead atoms. The molecule has 1 aromatic heterocycles. The van der Waals surface area contributed by atoms with Crippen LogP contribution in [0.15, 0.2) is 12.3 Å². The summed E-state index contributed by atoms with van der Waals surface area (Å²) < 4.78 is 0. The summed E-state index contributed by atoms with van der Waals surface area (Å²) in [5, 5.41) is 4.87. The molecule has 20 heavy (non-hydrogen) atoms. The van der Waals surface area contributed by atoms with E-state index < -0.39 is 0 Å². The van der Waals surface area contributed by atoms with Gasteiger partial charge in [0.2, 0.25) is 0 Å². The minimum absolute atomic E-state index is 0.249. The minimum atomic E-state index is 0.249. The number of nitrogens with one attached hydrogen (secondary N) is 1. The van der Waals surface area contributed by atoms with Gasteiger partial charge in [0, 0.05) is 6.20 Å². The Morgan fingerprint density at radius 3 is 2.80 bits per heavy atom. The monoisotopic (exact) mass is 314 g/mol. The number of nitrogens with zero attached hydrogens (tertiary/aromatic N) is 1. The fourth-order valence-electron chi connectivity index (χ4n) is 3.37. The smallest absolute Gasteiger partial charge is 0.0762 e. The van der Waals surface area contributed by atoms with E-state index >= 15 is 0 Å². The molecule has 3 unspecified atom stereocenters. The lowest BCUT2D eigenvalue weighted by Gasteiger charge is -2.34. The van der Waals surface area contributed by atoms with Crippen molar-refractivity contribution in [3.63, 3.8) is 0 Å². The van der Waals surface area contributed by atoms with Gasteiger partial charge >= 0.3 is 0 Å². The second-order valence-corrected chi connectivity index (χ2v) is 6.60. The van der Waals surface area contributed by atoms with E-state index in [0.717, 1.165) is 18.2 Å². The van der Waals surface area contributed by atoms with Gasteiger partial charge in [0.1, 0.15) is 0 Å². The molecule has 0 spiro atoms. The standard InChI is InChI=1S/C16H24Cl2N2/c1-3-11-6-5-7-12(8-11)15(19-4-2)16-14(18)9-13(17)10-20-16/h9-12,15,19H,3-8H2,1-2H3. The molecule has 1 fully saturated rings. The Bertz CT molecular complexity index is 436. The van der Waals surface area contributed by atoms with Gasteiger partial charge in [-0.3, -0.25) is 4.98 Å². The Labute approximate surface area is 132 Å². The average molecular weight is 315 g/mol. The lowest BCUT2D eigenvalue weighted by molar-refractivity contribution is 0.208. The van der Waals surface area contributed by atoms with Crippen molar-refractivity contribution in [2.24, 2.45) is 11.8 Å². The van der Waals surface area contributed by atoms with Crippen LogP contribution in [0, 0.1) is 11.8 Å². The van der Waals surface area contributed by atoms with E-state index in [0.29, 0.717) is 16.0 Å². The van der Waals surface area contributed by atoms with Gasteiger partial charge in [0.05, 0.1) is 21.8 Å². The highest BCUT2D eigenvalue weighted by Crippen LogP contribution is 2.39. The molecule has 1 aromatic rings. The first-order valence-electron chi connectivity index (χ1n) is 7.70. The summed E-state index contributed by atoms with van der Waals surface area (Å²) in [7, 11) is 0. The summed E-state index contributed by atoms with van der Waals surface area (Å²) in [5.41, 5.74) is 0.958. The van der Waals surface area contributed by atoms with Crippen LogP contribution >= 0.6 is 23.2 Å². The summed E-state index contributed by atoms with van der Waals surface area (Å²) >= 11 is 12.3. The Hall–Kier alpha value is -0.310. The number of hydrogen-bond acceptors (Lipinski definition) is 2. The van der Waals surface area contributed by atoms with Gasteiger partial charge in [-0.1, -0.05) is 56.3 Å². The van der Waals surface area contributed by atoms with Gasteiger partial charge in [-0.25, -0.2) is 0 Å². The van der Waals surface area contributed by atoms with E-state index in [1.165, 1.54) is 32.1 Å².